The summed E-state index contributed by atoms with van der Waals surface area (Å²) in [5, 5.41) is 10.2. The van der Waals surface area contributed by atoms with Crippen molar-refractivity contribution >= 4 is 23.4 Å². The summed E-state index contributed by atoms with van der Waals surface area (Å²) in [5.74, 6) is 2.22. The molecule has 0 bridgehead atoms. The first-order chi connectivity index (χ1) is 15.2. The molecule has 0 fully saturated rings. The van der Waals surface area contributed by atoms with Gasteiger partial charge in [0.25, 0.3) is 0 Å². The highest BCUT2D eigenvalue weighted by Crippen LogP contribution is 2.32. The van der Waals surface area contributed by atoms with Gasteiger partial charge in [-0.3, -0.25) is 0 Å². The van der Waals surface area contributed by atoms with E-state index < -0.39 is 0 Å². The maximum atomic E-state index is 6.28. The van der Waals surface area contributed by atoms with Gasteiger partial charge in [-0.2, -0.15) is 0 Å². The highest BCUT2D eigenvalue weighted by Gasteiger charge is 2.15. The minimum Gasteiger partial charge on any atom is -0.497 e. The van der Waals surface area contributed by atoms with E-state index in [0.717, 1.165) is 38.9 Å². The molecule has 5 nitrogen and oxygen atoms in total. The van der Waals surface area contributed by atoms with Crippen molar-refractivity contribution < 1.29 is 9.47 Å². The monoisotopic (exact) mass is 449 g/mol. The van der Waals surface area contributed by atoms with Gasteiger partial charge in [-0.25, -0.2) is 4.98 Å². The molecule has 0 saturated carbocycles. The fraction of sp³-hybridized carbons (Fsp3) is 0.125. The zero-order valence-corrected chi connectivity index (χ0v) is 18.7. The average molecular weight is 450 g/mol. The highest BCUT2D eigenvalue weighted by atomic mass is 35.5. The van der Waals surface area contributed by atoms with Gasteiger partial charge in [0.15, 0.2) is 0 Å². The van der Waals surface area contributed by atoms with Crippen LogP contribution in [0.15, 0.2) is 78.0 Å². The van der Waals surface area contributed by atoms with Crippen LogP contribution in [-0.2, 0) is 5.75 Å². The first-order valence-electron chi connectivity index (χ1n) is 9.57. The number of benzene rings is 3. The molecule has 4 aromatic rings. The van der Waals surface area contributed by atoms with E-state index in [0.29, 0.717) is 16.6 Å². The lowest BCUT2D eigenvalue weighted by Crippen LogP contribution is -2.00. The molecule has 0 radical (unpaired) electrons. The number of aromatic nitrogens is 3. The number of halogens is 1. The average Bonchev–Trinajstić information content (AvgIpc) is 2.83. The van der Waals surface area contributed by atoms with Gasteiger partial charge in [-0.05, 0) is 60.2 Å². The van der Waals surface area contributed by atoms with Gasteiger partial charge in [-0.15, -0.1) is 10.2 Å². The largest absolute Gasteiger partial charge is 0.497 e. The lowest BCUT2D eigenvalue weighted by atomic mass is 10.0. The summed E-state index contributed by atoms with van der Waals surface area (Å²) in [6.07, 6.45) is 0. The first-order valence-corrected chi connectivity index (χ1v) is 10.9. The van der Waals surface area contributed by atoms with Crippen LogP contribution < -0.4 is 9.47 Å². The van der Waals surface area contributed by atoms with E-state index in [2.05, 4.69) is 10.2 Å². The number of methoxy groups -OCH3 is 2. The van der Waals surface area contributed by atoms with Gasteiger partial charge in [0.05, 0.1) is 14.2 Å². The minimum absolute atomic E-state index is 0.586. The zero-order chi connectivity index (χ0) is 21.6. The van der Waals surface area contributed by atoms with Crippen molar-refractivity contribution in [3.63, 3.8) is 0 Å². The number of thioether (sulfide) groups is 1. The summed E-state index contributed by atoms with van der Waals surface area (Å²) in [6.45, 7) is 0. The fourth-order valence-corrected chi connectivity index (χ4v) is 4.10. The van der Waals surface area contributed by atoms with E-state index in [1.165, 1.54) is 11.8 Å². The quantitative estimate of drug-likeness (QED) is 0.314. The van der Waals surface area contributed by atoms with Gasteiger partial charge in [0.1, 0.15) is 22.9 Å². The van der Waals surface area contributed by atoms with Gasteiger partial charge < -0.3 is 9.47 Å². The van der Waals surface area contributed by atoms with E-state index in [9.17, 15) is 0 Å². The van der Waals surface area contributed by atoms with Crippen LogP contribution in [-0.4, -0.2) is 29.4 Å². The van der Waals surface area contributed by atoms with E-state index in [1.54, 1.807) is 14.2 Å². The zero-order valence-electron chi connectivity index (χ0n) is 17.1. The van der Waals surface area contributed by atoms with Crippen molar-refractivity contribution in [2.75, 3.05) is 14.2 Å². The Balaban J connectivity index is 1.70. The number of hydrogen-bond donors (Lipinski definition) is 0. The Hall–Kier alpha value is -3.09. The molecule has 7 heteroatoms. The predicted octanol–water partition coefficient (Wildman–Crippen LogP) is 6.17. The summed E-state index contributed by atoms with van der Waals surface area (Å²) in [4.78, 5) is 4.84. The Labute approximate surface area is 190 Å². The van der Waals surface area contributed by atoms with Crippen LogP contribution in [0.3, 0.4) is 0 Å². The van der Waals surface area contributed by atoms with Crippen molar-refractivity contribution in [2.45, 2.75) is 10.9 Å². The lowest BCUT2D eigenvalue weighted by molar-refractivity contribution is 0.414. The Bertz CT molecular complexity index is 1170. The molecule has 0 N–H and O–H groups in total. The van der Waals surface area contributed by atoms with Crippen molar-refractivity contribution in [2.24, 2.45) is 0 Å². The number of ether oxygens (including phenoxy) is 2. The van der Waals surface area contributed by atoms with Crippen molar-refractivity contribution in [3.05, 3.63) is 83.4 Å². The first kappa shape index (κ1) is 21.2. The molecule has 156 valence electrons. The van der Waals surface area contributed by atoms with Gasteiger partial charge >= 0.3 is 0 Å². The standard InChI is InChI=1S/C24H20ClN3O2S/c1-29-19-11-7-16(8-12-19)22-23(17-9-13-20(30-2)14-10-17)27-28-24(26-22)31-15-18-5-3-4-6-21(18)25/h3-14H,15H2,1-2H3. The molecule has 4 rings (SSSR count). The molecule has 0 atom stereocenters. The Kier molecular flexibility index (Phi) is 6.70. The lowest BCUT2D eigenvalue weighted by Gasteiger charge is -2.11. The van der Waals surface area contributed by atoms with Crippen molar-refractivity contribution in [1.29, 1.82) is 0 Å². The highest BCUT2D eigenvalue weighted by molar-refractivity contribution is 7.98. The molecule has 1 aromatic heterocycles. The third-order valence-electron chi connectivity index (χ3n) is 4.71. The van der Waals surface area contributed by atoms with E-state index in [4.69, 9.17) is 26.1 Å². The van der Waals surface area contributed by atoms with Crippen LogP contribution in [0.5, 0.6) is 11.5 Å². The number of hydrogen-bond acceptors (Lipinski definition) is 6. The molecular weight excluding hydrogens is 430 g/mol. The topological polar surface area (TPSA) is 57.1 Å². The second kappa shape index (κ2) is 9.81. The Morgan fingerprint density at radius 2 is 1.32 bits per heavy atom. The minimum atomic E-state index is 0.586. The molecule has 0 amide bonds. The normalized spacial score (nSPS) is 10.7. The molecule has 0 aliphatic rings. The van der Waals surface area contributed by atoms with Crippen LogP contribution in [0.1, 0.15) is 5.56 Å². The molecule has 3 aromatic carbocycles. The van der Waals surface area contributed by atoms with Crippen LogP contribution in [0.4, 0.5) is 0 Å². The molecule has 0 unspecified atom stereocenters. The number of rotatable bonds is 7. The predicted molar refractivity (Wildman–Crippen MR) is 125 cm³/mol. The summed E-state index contributed by atoms with van der Waals surface area (Å²) in [6, 6.07) is 23.2. The fourth-order valence-electron chi connectivity index (χ4n) is 3.02. The second-order valence-corrected chi connectivity index (χ2v) is 7.98. The smallest absolute Gasteiger partial charge is 0.210 e. The van der Waals surface area contributed by atoms with Crippen LogP contribution >= 0.6 is 23.4 Å². The van der Waals surface area contributed by atoms with Gasteiger partial charge in [-0.1, -0.05) is 41.6 Å². The molecule has 0 spiro atoms. The second-order valence-electron chi connectivity index (χ2n) is 6.63. The summed E-state index contributed by atoms with van der Waals surface area (Å²) in [5.41, 5.74) is 4.33. The molecule has 1 heterocycles. The Morgan fingerprint density at radius 1 is 0.742 bits per heavy atom. The summed E-state index contributed by atoms with van der Waals surface area (Å²) >= 11 is 7.78. The molecule has 0 saturated heterocycles. The van der Waals surface area contributed by atoms with E-state index in [1.807, 2.05) is 72.8 Å². The third kappa shape index (κ3) is 4.98. The third-order valence-corrected chi connectivity index (χ3v) is 5.96. The summed E-state index contributed by atoms with van der Waals surface area (Å²) in [7, 11) is 3.29. The van der Waals surface area contributed by atoms with Crippen molar-refractivity contribution in [3.8, 4) is 34.0 Å². The van der Waals surface area contributed by atoms with Crippen LogP contribution in [0, 0.1) is 0 Å². The summed E-state index contributed by atoms with van der Waals surface area (Å²) < 4.78 is 10.6. The molecule has 31 heavy (non-hydrogen) atoms. The van der Waals surface area contributed by atoms with Crippen LogP contribution in [0.2, 0.25) is 5.02 Å². The molecular formula is C24H20ClN3O2S. The molecule has 0 aliphatic carbocycles. The van der Waals surface area contributed by atoms with E-state index >= 15 is 0 Å². The Morgan fingerprint density at radius 3 is 1.90 bits per heavy atom. The maximum absolute atomic E-state index is 6.28. The van der Waals surface area contributed by atoms with Crippen molar-refractivity contribution in [1.82, 2.24) is 15.2 Å². The number of nitrogens with zero attached hydrogens (tertiary/aromatic N) is 3. The SMILES string of the molecule is COc1ccc(-c2nnc(SCc3ccccc3Cl)nc2-c2ccc(OC)cc2)cc1. The van der Waals surface area contributed by atoms with Gasteiger partial charge in [0, 0.05) is 21.9 Å². The van der Waals surface area contributed by atoms with Gasteiger partial charge in [0.2, 0.25) is 5.16 Å². The maximum Gasteiger partial charge on any atom is 0.210 e. The molecule has 0 aliphatic heterocycles. The van der Waals surface area contributed by atoms with Crippen LogP contribution in [0.25, 0.3) is 22.5 Å². The van der Waals surface area contributed by atoms with E-state index in [-0.39, 0.29) is 0 Å².